The lowest BCUT2D eigenvalue weighted by molar-refractivity contribution is 0.249. The maximum Gasteiger partial charge on any atom is 0.122 e. The molecule has 4 nitrogen and oxygen atoms in total. The highest BCUT2D eigenvalue weighted by molar-refractivity contribution is 5.37. The lowest BCUT2D eigenvalue weighted by atomic mass is 9.87. The van der Waals surface area contributed by atoms with E-state index in [0.29, 0.717) is 12.0 Å². The lowest BCUT2D eigenvalue weighted by Gasteiger charge is -2.29. The second-order valence-corrected chi connectivity index (χ2v) is 5.56. The minimum absolute atomic E-state index is 0.360. The maximum atomic E-state index is 5.71. The van der Waals surface area contributed by atoms with Crippen LogP contribution < -0.4 is 16.0 Å². The molecule has 0 amide bonds. The van der Waals surface area contributed by atoms with Crippen LogP contribution in [0.1, 0.15) is 30.7 Å². The van der Waals surface area contributed by atoms with Crippen molar-refractivity contribution in [2.24, 2.45) is 5.84 Å². The molecule has 2 rings (SSSR count). The van der Waals surface area contributed by atoms with E-state index < -0.39 is 0 Å². The number of nitrogens with one attached hydrogen (secondary N) is 1. The molecule has 0 bridgehead atoms. The van der Waals surface area contributed by atoms with Gasteiger partial charge in [-0.05, 0) is 57.5 Å². The Labute approximate surface area is 115 Å². The molecule has 3 N–H and O–H groups in total. The number of hydrogen-bond donors (Lipinski definition) is 2. The second-order valence-electron chi connectivity index (χ2n) is 5.56. The Morgan fingerprint density at radius 2 is 2.21 bits per heavy atom. The molecule has 2 atom stereocenters. The minimum Gasteiger partial charge on any atom is -0.493 e. The van der Waals surface area contributed by atoms with Crippen molar-refractivity contribution in [3.05, 3.63) is 29.8 Å². The third-order valence-corrected chi connectivity index (χ3v) is 3.81. The molecule has 0 aromatic heterocycles. The lowest BCUT2D eigenvalue weighted by Crippen LogP contribution is -2.38. The number of para-hydroxylation sites is 1. The fourth-order valence-corrected chi connectivity index (χ4v) is 2.69. The summed E-state index contributed by atoms with van der Waals surface area (Å²) in [6, 6.07) is 8.72. The van der Waals surface area contributed by atoms with E-state index in [-0.39, 0.29) is 0 Å². The van der Waals surface area contributed by atoms with Crippen LogP contribution in [0.4, 0.5) is 0 Å². The molecule has 0 saturated heterocycles. The third kappa shape index (κ3) is 3.93. The van der Waals surface area contributed by atoms with Crippen LogP contribution >= 0.6 is 0 Å². The summed E-state index contributed by atoms with van der Waals surface area (Å²) in [5.74, 6) is 7.29. The number of hydrogen-bond acceptors (Lipinski definition) is 4. The number of nitrogens with zero attached hydrogens (tertiary/aromatic N) is 1. The average molecular weight is 263 g/mol. The summed E-state index contributed by atoms with van der Waals surface area (Å²) in [7, 11) is 4.19. The van der Waals surface area contributed by atoms with Crippen LogP contribution in [0, 0.1) is 0 Å². The topological polar surface area (TPSA) is 50.5 Å². The Balaban J connectivity index is 1.98. The molecule has 0 spiro atoms. The first-order valence-corrected chi connectivity index (χ1v) is 7.03. The summed E-state index contributed by atoms with van der Waals surface area (Å²) in [6.07, 6.45) is 3.23. The van der Waals surface area contributed by atoms with Gasteiger partial charge in [-0.15, -0.1) is 0 Å². The Morgan fingerprint density at radius 3 is 2.95 bits per heavy atom. The predicted molar refractivity (Wildman–Crippen MR) is 78.2 cm³/mol. The SMILES string of the molecule is CN(C)CCC(CC1CCOc2ccccc21)NN. The van der Waals surface area contributed by atoms with Gasteiger partial charge < -0.3 is 9.64 Å². The predicted octanol–water partition coefficient (Wildman–Crippen LogP) is 1.73. The second kappa shape index (κ2) is 6.89. The van der Waals surface area contributed by atoms with Crippen molar-refractivity contribution in [2.45, 2.75) is 31.2 Å². The normalized spacial score (nSPS) is 19.9. The molecule has 1 heterocycles. The van der Waals surface area contributed by atoms with Crippen molar-refractivity contribution in [1.82, 2.24) is 10.3 Å². The van der Waals surface area contributed by atoms with Crippen molar-refractivity contribution < 1.29 is 4.74 Å². The molecular formula is C15H25N3O. The monoisotopic (exact) mass is 263 g/mol. The smallest absolute Gasteiger partial charge is 0.122 e. The molecule has 0 aliphatic carbocycles. The Kier molecular flexibility index (Phi) is 5.19. The average Bonchev–Trinajstić information content (AvgIpc) is 2.43. The molecule has 0 radical (unpaired) electrons. The first-order valence-electron chi connectivity index (χ1n) is 7.03. The highest BCUT2D eigenvalue weighted by Gasteiger charge is 2.23. The molecule has 1 aliphatic rings. The molecule has 19 heavy (non-hydrogen) atoms. The summed E-state index contributed by atoms with van der Waals surface area (Å²) in [5, 5.41) is 0. The molecule has 2 unspecified atom stereocenters. The molecule has 1 aromatic carbocycles. The van der Waals surface area contributed by atoms with Crippen LogP contribution in [0.2, 0.25) is 0 Å². The quantitative estimate of drug-likeness (QED) is 0.606. The van der Waals surface area contributed by atoms with E-state index in [2.05, 4.69) is 42.6 Å². The van der Waals surface area contributed by atoms with Crippen molar-refractivity contribution in [1.29, 1.82) is 0 Å². The van der Waals surface area contributed by atoms with E-state index in [9.17, 15) is 0 Å². The Hall–Kier alpha value is -1.10. The first kappa shape index (κ1) is 14.3. The number of benzene rings is 1. The van der Waals surface area contributed by atoms with Gasteiger partial charge in [0, 0.05) is 6.04 Å². The zero-order valence-corrected chi connectivity index (χ0v) is 11.9. The largest absolute Gasteiger partial charge is 0.493 e. The van der Waals surface area contributed by atoms with Gasteiger partial charge >= 0.3 is 0 Å². The molecule has 0 fully saturated rings. The van der Waals surface area contributed by atoms with Crippen LogP contribution in [0.15, 0.2) is 24.3 Å². The van der Waals surface area contributed by atoms with E-state index in [1.54, 1.807) is 0 Å². The van der Waals surface area contributed by atoms with Gasteiger partial charge in [0.25, 0.3) is 0 Å². The van der Waals surface area contributed by atoms with Gasteiger partial charge in [-0.25, -0.2) is 0 Å². The molecule has 0 saturated carbocycles. The number of hydrazine groups is 1. The van der Waals surface area contributed by atoms with E-state index in [4.69, 9.17) is 10.6 Å². The van der Waals surface area contributed by atoms with Gasteiger partial charge in [-0.2, -0.15) is 0 Å². The van der Waals surface area contributed by atoms with Gasteiger partial charge in [0.05, 0.1) is 6.61 Å². The van der Waals surface area contributed by atoms with Crippen molar-refractivity contribution in [2.75, 3.05) is 27.2 Å². The Bertz CT molecular complexity index is 395. The summed E-state index contributed by atoms with van der Waals surface area (Å²) in [5.41, 5.74) is 4.30. The van der Waals surface area contributed by atoms with Gasteiger partial charge in [-0.3, -0.25) is 11.3 Å². The van der Waals surface area contributed by atoms with Crippen LogP contribution in [0.3, 0.4) is 0 Å². The Morgan fingerprint density at radius 1 is 1.42 bits per heavy atom. The third-order valence-electron chi connectivity index (χ3n) is 3.81. The molecule has 106 valence electrons. The van der Waals surface area contributed by atoms with E-state index >= 15 is 0 Å². The fraction of sp³-hybridized carbons (Fsp3) is 0.600. The highest BCUT2D eigenvalue weighted by Crippen LogP contribution is 2.36. The van der Waals surface area contributed by atoms with Gasteiger partial charge in [0.2, 0.25) is 0 Å². The van der Waals surface area contributed by atoms with E-state index in [0.717, 1.165) is 38.2 Å². The first-order chi connectivity index (χ1) is 9.20. The van der Waals surface area contributed by atoms with E-state index in [1.807, 2.05) is 6.07 Å². The van der Waals surface area contributed by atoms with Gasteiger partial charge in [-0.1, -0.05) is 18.2 Å². The van der Waals surface area contributed by atoms with Crippen LogP contribution in [-0.2, 0) is 0 Å². The highest BCUT2D eigenvalue weighted by atomic mass is 16.5. The summed E-state index contributed by atoms with van der Waals surface area (Å²) in [6.45, 7) is 1.87. The summed E-state index contributed by atoms with van der Waals surface area (Å²) >= 11 is 0. The zero-order valence-electron chi connectivity index (χ0n) is 11.9. The summed E-state index contributed by atoms with van der Waals surface area (Å²) < 4.78 is 5.71. The van der Waals surface area contributed by atoms with Gasteiger partial charge in [0.1, 0.15) is 5.75 Å². The van der Waals surface area contributed by atoms with Gasteiger partial charge in [0.15, 0.2) is 0 Å². The van der Waals surface area contributed by atoms with E-state index in [1.165, 1.54) is 5.56 Å². The minimum atomic E-state index is 0.360. The van der Waals surface area contributed by atoms with Crippen LogP contribution in [0.25, 0.3) is 0 Å². The zero-order chi connectivity index (χ0) is 13.7. The van der Waals surface area contributed by atoms with Crippen molar-refractivity contribution >= 4 is 0 Å². The van der Waals surface area contributed by atoms with Crippen molar-refractivity contribution in [3.8, 4) is 5.75 Å². The number of rotatable bonds is 6. The van der Waals surface area contributed by atoms with Crippen LogP contribution in [0.5, 0.6) is 5.75 Å². The van der Waals surface area contributed by atoms with Crippen molar-refractivity contribution in [3.63, 3.8) is 0 Å². The molecule has 1 aliphatic heterocycles. The summed E-state index contributed by atoms with van der Waals surface area (Å²) in [4.78, 5) is 2.20. The number of ether oxygens (including phenoxy) is 1. The number of nitrogens with two attached hydrogens (primary N) is 1. The number of fused-ring (bicyclic) bond motifs is 1. The molecular weight excluding hydrogens is 238 g/mol. The van der Waals surface area contributed by atoms with Crippen LogP contribution in [-0.4, -0.2) is 38.2 Å². The maximum absolute atomic E-state index is 5.71. The molecule has 4 heteroatoms. The molecule has 1 aromatic rings. The fourth-order valence-electron chi connectivity index (χ4n) is 2.69. The standard InChI is InChI=1S/C15H25N3O/c1-18(2)9-7-13(17-16)11-12-8-10-19-15-6-4-3-5-14(12)15/h3-6,12-13,17H,7-11,16H2,1-2H3.